The predicted molar refractivity (Wildman–Crippen MR) is 129 cm³/mol. The highest BCUT2D eigenvalue weighted by atomic mass is 16.5. The second-order valence-corrected chi connectivity index (χ2v) is 7.95. The van der Waals surface area contributed by atoms with Crippen LogP contribution in [0.2, 0.25) is 0 Å². The third-order valence-corrected chi connectivity index (χ3v) is 5.51. The molecule has 0 saturated heterocycles. The zero-order valence-corrected chi connectivity index (χ0v) is 18.4. The van der Waals surface area contributed by atoms with E-state index >= 15 is 0 Å². The molecule has 2 heterocycles. The maximum Gasteiger partial charge on any atom is 0.140 e. The first-order valence-corrected chi connectivity index (χ1v) is 10.6. The Labute approximate surface area is 188 Å². The number of hydrogen-bond donors (Lipinski definition) is 0. The SMILES string of the molecule is Cc1nc(-c2cccc(Oc3cccc(N4CN(C)C=N4)c3)c2)n(C)c1-c1ccccc1. The van der Waals surface area contributed by atoms with Crippen molar-refractivity contribution >= 4 is 12.0 Å². The largest absolute Gasteiger partial charge is 0.457 e. The van der Waals surface area contributed by atoms with Crippen molar-refractivity contribution < 1.29 is 4.74 Å². The summed E-state index contributed by atoms with van der Waals surface area (Å²) < 4.78 is 8.35. The highest BCUT2D eigenvalue weighted by Crippen LogP contribution is 2.32. The van der Waals surface area contributed by atoms with Gasteiger partial charge in [-0.05, 0) is 31.2 Å². The molecule has 1 aromatic heterocycles. The van der Waals surface area contributed by atoms with Crippen LogP contribution in [-0.2, 0) is 7.05 Å². The number of imidazole rings is 1. The molecule has 160 valence electrons. The zero-order chi connectivity index (χ0) is 22.1. The number of nitrogens with zero attached hydrogens (tertiary/aromatic N) is 5. The second-order valence-electron chi connectivity index (χ2n) is 7.95. The number of aromatic nitrogens is 2. The van der Waals surface area contributed by atoms with E-state index in [9.17, 15) is 0 Å². The van der Waals surface area contributed by atoms with Gasteiger partial charge in [-0.3, -0.25) is 0 Å². The third kappa shape index (κ3) is 3.83. The topological polar surface area (TPSA) is 45.9 Å². The molecule has 0 saturated carbocycles. The Morgan fingerprint density at radius 2 is 1.53 bits per heavy atom. The van der Waals surface area contributed by atoms with E-state index in [1.54, 1.807) is 0 Å². The molecule has 0 bridgehead atoms. The van der Waals surface area contributed by atoms with Crippen molar-refractivity contribution in [1.82, 2.24) is 14.5 Å². The van der Waals surface area contributed by atoms with E-state index in [0.717, 1.165) is 52.2 Å². The van der Waals surface area contributed by atoms with Gasteiger partial charge in [-0.2, -0.15) is 5.10 Å². The maximum absolute atomic E-state index is 6.20. The van der Waals surface area contributed by atoms with E-state index in [0.29, 0.717) is 0 Å². The molecule has 0 atom stereocenters. The molecular formula is C26H25N5O. The van der Waals surface area contributed by atoms with Crippen molar-refractivity contribution in [3.8, 4) is 34.1 Å². The Hall–Kier alpha value is -4.06. The molecule has 4 aromatic rings. The standard InChI is InChI=1S/C26H25N5O/c1-19-25(20-9-5-4-6-10-20)30(3)26(28-19)21-11-7-13-23(15-21)32-24-14-8-12-22(16-24)31-18-29(2)17-27-31/h4-17H,18H2,1-3H3. The van der Waals surface area contributed by atoms with Gasteiger partial charge in [-0.25, -0.2) is 9.99 Å². The molecule has 32 heavy (non-hydrogen) atoms. The summed E-state index contributed by atoms with van der Waals surface area (Å²) in [5.74, 6) is 2.45. The molecular weight excluding hydrogens is 398 g/mol. The molecule has 0 N–H and O–H groups in total. The van der Waals surface area contributed by atoms with Crippen LogP contribution < -0.4 is 9.75 Å². The van der Waals surface area contributed by atoms with Gasteiger partial charge in [0.25, 0.3) is 0 Å². The zero-order valence-electron chi connectivity index (χ0n) is 18.4. The molecule has 0 unspecified atom stereocenters. The molecule has 6 nitrogen and oxygen atoms in total. The summed E-state index contributed by atoms with van der Waals surface area (Å²) in [5.41, 5.74) is 5.29. The van der Waals surface area contributed by atoms with Crippen LogP contribution in [-0.4, -0.2) is 34.5 Å². The minimum Gasteiger partial charge on any atom is -0.457 e. The van der Waals surface area contributed by atoms with Crippen molar-refractivity contribution in [2.75, 3.05) is 18.7 Å². The van der Waals surface area contributed by atoms with Gasteiger partial charge in [0.15, 0.2) is 0 Å². The van der Waals surface area contributed by atoms with Gasteiger partial charge in [-0.15, -0.1) is 0 Å². The first-order chi connectivity index (χ1) is 15.6. The van der Waals surface area contributed by atoms with Crippen LogP contribution in [0.15, 0.2) is 84.0 Å². The van der Waals surface area contributed by atoms with Gasteiger partial charge < -0.3 is 14.2 Å². The Morgan fingerprint density at radius 3 is 2.28 bits per heavy atom. The number of benzene rings is 3. The van der Waals surface area contributed by atoms with Crippen LogP contribution in [0.1, 0.15) is 5.69 Å². The quantitative estimate of drug-likeness (QED) is 0.425. The van der Waals surface area contributed by atoms with E-state index < -0.39 is 0 Å². The summed E-state index contributed by atoms with van der Waals surface area (Å²) in [6.07, 6.45) is 1.82. The number of anilines is 1. The Bertz CT molecular complexity index is 1280. The maximum atomic E-state index is 6.20. The van der Waals surface area contributed by atoms with Crippen LogP contribution in [0.5, 0.6) is 11.5 Å². The fourth-order valence-corrected chi connectivity index (χ4v) is 4.02. The number of aryl methyl sites for hydroxylation is 1. The molecule has 1 aliphatic heterocycles. The van der Waals surface area contributed by atoms with Gasteiger partial charge in [0.05, 0.1) is 17.1 Å². The summed E-state index contributed by atoms with van der Waals surface area (Å²) in [6.45, 7) is 2.77. The highest BCUT2D eigenvalue weighted by Gasteiger charge is 2.16. The first kappa shape index (κ1) is 19.9. The lowest BCUT2D eigenvalue weighted by Gasteiger charge is -2.16. The Kier molecular flexibility index (Phi) is 5.11. The van der Waals surface area contributed by atoms with E-state index in [1.165, 1.54) is 0 Å². The minimum absolute atomic E-state index is 0.723. The van der Waals surface area contributed by atoms with Crippen LogP contribution in [0, 0.1) is 6.92 Å². The van der Waals surface area contributed by atoms with Crippen molar-refractivity contribution in [3.05, 3.63) is 84.6 Å². The monoisotopic (exact) mass is 423 g/mol. The number of ether oxygens (including phenoxy) is 1. The van der Waals surface area contributed by atoms with Gasteiger partial charge in [-0.1, -0.05) is 48.5 Å². The normalized spacial score (nSPS) is 13.1. The van der Waals surface area contributed by atoms with E-state index in [2.05, 4.69) is 54.0 Å². The molecule has 0 fully saturated rings. The minimum atomic E-state index is 0.723. The molecule has 3 aromatic carbocycles. The van der Waals surface area contributed by atoms with Gasteiger partial charge in [0, 0.05) is 31.3 Å². The second kappa shape index (κ2) is 8.23. The lowest BCUT2D eigenvalue weighted by molar-refractivity contribution is 0.482. The summed E-state index contributed by atoms with van der Waals surface area (Å²) in [5, 5.41) is 6.34. The highest BCUT2D eigenvalue weighted by molar-refractivity contribution is 5.69. The molecule has 6 heteroatoms. The van der Waals surface area contributed by atoms with Crippen LogP contribution >= 0.6 is 0 Å². The average Bonchev–Trinajstić information content (AvgIpc) is 3.37. The summed E-state index contributed by atoms with van der Waals surface area (Å²) in [7, 11) is 4.06. The Balaban J connectivity index is 1.42. The van der Waals surface area contributed by atoms with Crippen LogP contribution in [0.3, 0.4) is 0 Å². The lowest BCUT2D eigenvalue weighted by Crippen LogP contribution is -2.22. The molecule has 1 aliphatic rings. The van der Waals surface area contributed by atoms with Crippen molar-refractivity contribution in [1.29, 1.82) is 0 Å². The number of hydrazone groups is 1. The third-order valence-electron chi connectivity index (χ3n) is 5.51. The van der Waals surface area contributed by atoms with Gasteiger partial charge in [0.1, 0.15) is 30.3 Å². The summed E-state index contributed by atoms with van der Waals surface area (Å²) in [6, 6.07) is 26.4. The van der Waals surface area contributed by atoms with Gasteiger partial charge in [0.2, 0.25) is 0 Å². The van der Waals surface area contributed by atoms with Crippen LogP contribution in [0.25, 0.3) is 22.6 Å². The predicted octanol–water partition coefficient (Wildman–Crippen LogP) is 5.51. The van der Waals surface area contributed by atoms with Crippen molar-refractivity contribution in [2.24, 2.45) is 12.1 Å². The fourth-order valence-electron chi connectivity index (χ4n) is 4.02. The average molecular weight is 424 g/mol. The molecule has 5 rings (SSSR count). The summed E-state index contributed by atoms with van der Waals surface area (Å²) in [4.78, 5) is 6.88. The first-order valence-electron chi connectivity index (χ1n) is 10.6. The van der Waals surface area contributed by atoms with E-state index in [-0.39, 0.29) is 0 Å². The lowest BCUT2D eigenvalue weighted by atomic mass is 10.1. The molecule has 0 aliphatic carbocycles. The van der Waals surface area contributed by atoms with E-state index in [4.69, 9.17) is 9.72 Å². The number of rotatable bonds is 5. The number of hydrogen-bond acceptors (Lipinski definition) is 5. The molecule has 0 radical (unpaired) electrons. The van der Waals surface area contributed by atoms with Crippen molar-refractivity contribution in [3.63, 3.8) is 0 Å². The van der Waals surface area contributed by atoms with Crippen LogP contribution in [0.4, 0.5) is 5.69 Å². The molecule has 0 spiro atoms. The Morgan fingerprint density at radius 1 is 0.812 bits per heavy atom. The summed E-state index contributed by atoms with van der Waals surface area (Å²) >= 11 is 0. The smallest absolute Gasteiger partial charge is 0.140 e. The van der Waals surface area contributed by atoms with E-state index in [1.807, 2.05) is 71.8 Å². The van der Waals surface area contributed by atoms with Gasteiger partial charge >= 0.3 is 0 Å². The molecule has 0 amide bonds. The van der Waals surface area contributed by atoms with Crippen molar-refractivity contribution in [2.45, 2.75) is 6.92 Å². The fraction of sp³-hybridized carbons (Fsp3) is 0.154.